The van der Waals surface area contributed by atoms with Crippen molar-refractivity contribution in [2.75, 3.05) is 6.54 Å². The van der Waals surface area contributed by atoms with E-state index in [0.29, 0.717) is 12.6 Å². The maximum absolute atomic E-state index is 5.73. The van der Waals surface area contributed by atoms with Crippen LogP contribution in [0.5, 0.6) is 0 Å². The zero-order valence-electron chi connectivity index (χ0n) is 10.0. The zero-order chi connectivity index (χ0) is 11.3. The maximum Gasteiger partial charge on any atom is 0.0239 e. The Hall–Kier alpha value is -0.860. The van der Waals surface area contributed by atoms with Gasteiger partial charge in [-0.05, 0) is 31.5 Å². The standard InChI is InChI=1S/C13H22N2/c1-4-15(11(2)3)10-13-8-6-5-7-12(13)9-14/h5-8,11H,4,9-10,14H2,1-3H3. The fourth-order valence-electron chi connectivity index (χ4n) is 1.79. The van der Waals surface area contributed by atoms with E-state index in [4.69, 9.17) is 5.73 Å². The molecule has 0 aliphatic rings. The van der Waals surface area contributed by atoms with Crippen LogP contribution < -0.4 is 5.73 Å². The summed E-state index contributed by atoms with van der Waals surface area (Å²) in [7, 11) is 0. The van der Waals surface area contributed by atoms with E-state index < -0.39 is 0 Å². The third kappa shape index (κ3) is 3.33. The molecule has 0 saturated carbocycles. The van der Waals surface area contributed by atoms with Gasteiger partial charge in [0.05, 0.1) is 0 Å². The maximum atomic E-state index is 5.73. The topological polar surface area (TPSA) is 29.3 Å². The highest BCUT2D eigenvalue weighted by atomic mass is 15.1. The van der Waals surface area contributed by atoms with Crippen molar-refractivity contribution >= 4 is 0 Å². The first kappa shape index (κ1) is 12.2. The lowest BCUT2D eigenvalue weighted by atomic mass is 10.1. The first-order valence-corrected chi connectivity index (χ1v) is 5.70. The van der Waals surface area contributed by atoms with Crippen LogP contribution in [0.1, 0.15) is 31.9 Å². The van der Waals surface area contributed by atoms with Gasteiger partial charge in [0, 0.05) is 19.1 Å². The number of hydrogen-bond donors (Lipinski definition) is 1. The van der Waals surface area contributed by atoms with E-state index in [9.17, 15) is 0 Å². The van der Waals surface area contributed by atoms with Crippen molar-refractivity contribution in [3.8, 4) is 0 Å². The van der Waals surface area contributed by atoms with E-state index in [1.54, 1.807) is 0 Å². The van der Waals surface area contributed by atoms with Crippen LogP contribution in [-0.2, 0) is 13.1 Å². The molecule has 0 aromatic heterocycles. The van der Waals surface area contributed by atoms with Crippen molar-refractivity contribution in [1.82, 2.24) is 4.90 Å². The fourth-order valence-corrected chi connectivity index (χ4v) is 1.79. The molecule has 2 heteroatoms. The average molecular weight is 206 g/mol. The summed E-state index contributed by atoms with van der Waals surface area (Å²) < 4.78 is 0. The van der Waals surface area contributed by atoms with Crippen molar-refractivity contribution in [1.29, 1.82) is 0 Å². The van der Waals surface area contributed by atoms with Gasteiger partial charge in [0.1, 0.15) is 0 Å². The summed E-state index contributed by atoms with van der Waals surface area (Å²) in [4.78, 5) is 2.44. The van der Waals surface area contributed by atoms with Crippen molar-refractivity contribution in [2.45, 2.75) is 39.9 Å². The normalized spacial score (nSPS) is 11.3. The molecule has 0 amide bonds. The molecular weight excluding hydrogens is 184 g/mol. The van der Waals surface area contributed by atoms with Gasteiger partial charge in [-0.3, -0.25) is 4.90 Å². The average Bonchev–Trinajstić information content (AvgIpc) is 2.25. The second kappa shape index (κ2) is 5.89. The highest BCUT2D eigenvalue weighted by Crippen LogP contribution is 2.12. The molecule has 0 atom stereocenters. The number of rotatable bonds is 5. The minimum Gasteiger partial charge on any atom is -0.326 e. The highest BCUT2D eigenvalue weighted by molar-refractivity contribution is 5.26. The summed E-state index contributed by atoms with van der Waals surface area (Å²) in [5.74, 6) is 0. The molecule has 2 nitrogen and oxygen atoms in total. The van der Waals surface area contributed by atoms with Gasteiger partial charge in [-0.1, -0.05) is 31.2 Å². The first-order chi connectivity index (χ1) is 7.19. The van der Waals surface area contributed by atoms with Crippen LogP contribution >= 0.6 is 0 Å². The van der Waals surface area contributed by atoms with Gasteiger partial charge >= 0.3 is 0 Å². The molecule has 0 fully saturated rings. The minimum absolute atomic E-state index is 0.584. The van der Waals surface area contributed by atoms with E-state index in [2.05, 4.69) is 49.9 Å². The van der Waals surface area contributed by atoms with Crippen LogP contribution in [0.2, 0.25) is 0 Å². The Morgan fingerprint density at radius 1 is 1.20 bits per heavy atom. The molecule has 0 unspecified atom stereocenters. The molecule has 1 rings (SSSR count). The zero-order valence-corrected chi connectivity index (χ0v) is 10.0. The van der Waals surface area contributed by atoms with Crippen molar-refractivity contribution < 1.29 is 0 Å². The van der Waals surface area contributed by atoms with Crippen LogP contribution in [-0.4, -0.2) is 17.5 Å². The molecule has 0 radical (unpaired) electrons. The minimum atomic E-state index is 0.584. The summed E-state index contributed by atoms with van der Waals surface area (Å²) in [5, 5.41) is 0. The molecule has 0 saturated heterocycles. The summed E-state index contributed by atoms with van der Waals surface area (Å²) in [6.07, 6.45) is 0. The van der Waals surface area contributed by atoms with Crippen molar-refractivity contribution in [2.24, 2.45) is 5.73 Å². The molecule has 0 spiro atoms. The predicted molar refractivity (Wildman–Crippen MR) is 65.6 cm³/mol. The summed E-state index contributed by atoms with van der Waals surface area (Å²) in [6.45, 7) is 9.37. The van der Waals surface area contributed by atoms with E-state index in [1.807, 2.05) is 0 Å². The van der Waals surface area contributed by atoms with E-state index >= 15 is 0 Å². The van der Waals surface area contributed by atoms with Gasteiger partial charge in [-0.25, -0.2) is 0 Å². The Labute approximate surface area is 93.1 Å². The van der Waals surface area contributed by atoms with Gasteiger partial charge in [0.15, 0.2) is 0 Å². The molecule has 0 bridgehead atoms. The van der Waals surface area contributed by atoms with Gasteiger partial charge < -0.3 is 5.73 Å². The summed E-state index contributed by atoms with van der Waals surface area (Å²) in [6, 6.07) is 9.01. The molecule has 0 aliphatic heterocycles. The Bertz CT molecular complexity index is 294. The summed E-state index contributed by atoms with van der Waals surface area (Å²) >= 11 is 0. The Kier molecular flexibility index (Phi) is 4.79. The second-order valence-electron chi connectivity index (χ2n) is 4.13. The monoisotopic (exact) mass is 206 g/mol. The molecule has 1 aromatic carbocycles. The second-order valence-corrected chi connectivity index (χ2v) is 4.13. The van der Waals surface area contributed by atoms with Gasteiger partial charge in [-0.2, -0.15) is 0 Å². The lowest BCUT2D eigenvalue weighted by Gasteiger charge is -2.25. The molecule has 0 aliphatic carbocycles. The Morgan fingerprint density at radius 2 is 1.80 bits per heavy atom. The third-order valence-electron chi connectivity index (χ3n) is 2.85. The van der Waals surface area contributed by atoms with Crippen LogP contribution in [0.4, 0.5) is 0 Å². The van der Waals surface area contributed by atoms with Gasteiger partial charge in [-0.15, -0.1) is 0 Å². The SMILES string of the molecule is CCN(Cc1ccccc1CN)C(C)C. The van der Waals surface area contributed by atoms with Crippen LogP contribution in [0.3, 0.4) is 0 Å². The summed E-state index contributed by atoms with van der Waals surface area (Å²) in [5.41, 5.74) is 8.34. The van der Waals surface area contributed by atoms with E-state index in [1.165, 1.54) is 11.1 Å². The van der Waals surface area contributed by atoms with Crippen LogP contribution in [0.15, 0.2) is 24.3 Å². The van der Waals surface area contributed by atoms with E-state index in [0.717, 1.165) is 13.1 Å². The molecule has 0 heterocycles. The molecule has 15 heavy (non-hydrogen) atoms. The number of nitrogens with zero attached hydrogens (tertiary/aromatic N) is 1. The molecular formula is C13H22N2. The van der Waals surface area contributed by atoms with Gasteiger partial charge in [0.2, 0.25) is 0 Å². The van der Waals surface area contributed by atoms with Gasteiger partial charge in [0.25, 0.3) is 0 Å². The Morgan fingerprint density at radius 3 is 2.27 bits per heavy atom. The number of nitrogens with two attached hydrogens (primary N) is 1. The fraction of sp³-hybridized carbons (Fsp3) is 0.538. The number of hydrogen-bond acceptors (Lipinski definition) is 2. The quantitative estimate of drug-likeness (QED) is 0.801. The number of benzene rings is 1. The lowest BCUT2D eigenvalue weighted by molar-refractivity contribution is 0.224. The Balaban J connectivity index is 2.78. The van der Waals surface area contributed by atoms with Crippen molar-refractivity contribution in [3.63, 3.8) is 0 Å². The van der Waals surface area contributed by atoms with Crippen molar-refractivity contribution in [3.05, 3.63) is 35.4 Å². The largest absolute Gasteiger partial charge is 0.326 e. The molecule has 1 aromatic rings. The first-order valence-electron chi connectivity index (χ1n) is 5.70. The smallest absolute Gasteiger partial charge is 0.0239 e. The van der Waals surface area contributed by atoms with E-state index in [-0.39, 0.29) is 0 Å². The predicted octanol–water partition coefficient (Wildman–Crippen LogP) is 2.38. The highest BCUT2D eigenvalue weighted by Gasteiger charge is 2.09. The third-order valence-corrected chi connectivity index (χ3v) is 2.85. The molecule has 84 valence electrons. The molecule has 2 N–H and O–H groups in total. The lowest BCUT2D eigenvalue weighted by Crippen LogP contribution is -2.30. The van der Waals surface area contributed by atoms with Crippen LogP contribution in [0, 0.1) is 0 Å². The van der Waals surface area contributed by atoms with Crippen LogP contribution in [0.25, 0.3) is 0 Å².